The van der Waals surface area contributed by atoms with E-state index in [4.69, 9.17) is 21.1 Å². The molecule has 0 aliphatic carbocycles. The van der Waals surface area contributed by atoms with E-state index in [0.29, 0.717) is 19.6 Å². The van der Waals surface area contributed by atoms with E-state index in [9.17, 15) is 9.18 Å². The third kappa shape index (κ3) is 3.17. The van der Waals surface area contributed by atoms with Gasteiger partial charge < -0.3 is 14.8 Å². The van der Waals surface area contributed by atoms with Crippen molar-refractivity contribution in [2.45, 2.75) is 30.9 Å². The van der Waals surface area contributed by atoms with Gasteiger partial charge in [0.2, 0.25) is 0 Å². The van der Waals surface area contributed by atoms with Crippen molar-refractivity contribution in [3.8, 4) is 5.75 Å². The summed E-state index contributed by atoms with van der Waals surface area (Å²) in [7, 11) is 0. The second-order valence-electron chi connectivity index (χ2n) is 6.76. The van der Waals surface area contributed by atoms with Crippen molar-refractivity contribution < 1.29 is 18.7 Å². The highest BCUT2D eigenvalue weighted by molar-refractivity contribution is 6.33. The highest BCUT2D eigenvalue weighted by Gasteiger charge is 2.42. The molecule has 0 aromatic heterocycles. The number of ether oxygens (including phenoxy) is 2. The van der Waals surface area contributed by atoms with E-state index >= 15 is 0 Å². The molecule has 136 valence electrons. The van der Waals surface area contributed by atoms with Gasteiger partial charge in [-0.15, -0.1) is 0 Å². The maximum absolute atomic E-state index is 14.1. The van der Waals surface area contributed by atoms with Crippen molar-refractivity contribution in [2.24, 2.45) is 0 Å². The van der Waals surface area contributed by atoms with Crippen LogP contribution in [0, 0.1) is 5.82 Å². The fraction of sp³-hybridized carbons (Fsp3) is 0.350. The quantitative estimate of drug-likeness (QED) is 0.852. The molecule has 1 atom stereocenters. The second-order valence-corrected chi connectivity index (χ2v) is 7.17. The van der Waals surface area contributed by atoms with Gasteiger partial charge in [-0.3, -0.25) is 4.79 Å². The van der Waals surface area contributed by atoms with Gasteiger partial charge in [0.15, 0.2) is 0 Å². The van der Waals surface area contributed by atoms with Crippen LogP contribution in [0.25, 0.3) is 0 Å². The zero-order valence-electron chi connectivity index (χ0n) is 14.1. The van der Waals surface area contributed by atoms with Gasteiger partial charge in [-0.2, -0.15) is 0 Å². The minimum Gasteiger partial charge on any atom is -0.487 e. The normalized spacial score (nSPS) is 20.9. The number of amides is 1. The summed E-state index contributed by atoms with van der Waals surface area (Å²) in [6.07, 6.45) is 2.13. The topological polar surface area (TPSA) is 47.6 Å². The summed E-state index contributed by atoms with van der Waals surface area (Å²) in [5, 5.41) is 3.06. The molecular weight excluding hydrogens is 357 g/mol. The molecule has 0 bridgehead atoms. The Morgan fingerprint density at radius 1 is 1.15 bits per heavy atom. The average molecular weight is 376 g/mol. The first kappa shape index (κ1) is 17.3. The van der Waals surface area contributed by atoms with E-state index in [0.717, 1.165) is 24.2 Å². The molecule has 2 heterocycles. The van der Waals surface area contributed by atoms with Crippen LogP contribution in [0.3, 0.4) is 0 Å². The molecular formula is C20H19ClFNO3. The van der Waals surface area contributed by atoms with Crippen molar-refractivity contribution in [3.63, 3.8) is 0 Å². The Kier molecular flexibility index (Phi) is 4.59. The van der Waals surface area contributed by atoms with Gasteiger partial charge >= 0.3 is 0 Å². The zero-order chi connectivity index (χ0) is 18.1. The van der Waals surface area contributed by atoms with Crippen molar-refractivity contribution in [1.82, 2.24) is 5.32 Å². The lowest BCUT2D eigenvalue weighted by Gasteiger charge is -2.44. The van der Waals surface area contributed by atoms with Crippen LogP contribution in [-0.2, 0) is 4.74 Å². The lowest BCUT2D eigenvalue weighted by Crippen LogP contribution is -2.48. The number of nitrogens with one attached hydrogen (secondary N) is 1. The van der Waals surface area contributed by atoms with Gasteiger partial charge in [0, 0.05) is 24.8 Å². The predicted octanol–water partition coefficient (Wildman–Crippen LogP) is 4.28. The van der Waals surface area contributed by atoms with Crippen LogP contribution in [0.15, 0.2) is 42.5 Å². The average Bonchev–Trinajstić information content (AvgIpc) is 2.62. The number of hydrogen-bond donors (Lipinski definition) is 1. The molecule has 1 amide bonds. The van der Waals surface area contributed by atoms with Crippen molar-refractivity contribution in [3.05, 3.63) is 64.4 Å². The molecule has 1 fully saturated rings. The summed E-state index contributed by atoms with van der Waals surface area (Å²) in [5.74, 6) is -0.390. The minimum absolute atomic E-state index is 0.101. The molecule has 0 radical (unpaired) electrons. The molecule has 4 nitrogen and oxygen atoms in total. The number of halogens is 2. The molecule has 2 aliphatic rings. The summed E-state index contributed by atoms with van der Waals surface area (Å²) in [5.41, 5.74) is 0.397. The van der Waals surface area contributed by atoms with Crippen LogP contribution in [0.1, 0.15) is 41.2 Å². The Labute approximate surface area is 156 Å². The van der Waals surface area contributed by atoms with Crippen LogP contribution in [0.5, 0.6) is 5.75 Å². The van der Waals surface area contributed by atoms with Gasteiger partial charge in [-0.25, -0.2) is 4.39 Å². The Bertz CT molecular complexity index is 815. The van der Waals surface area contributed by atoms with Crippen LogP contribution in [0.4, 0.5) is 4.39 Å². The number of fused-ring (bicyclic) bond motifs is 1. The van der Waals surface area contributed by atoms with Gasteiger partial charge in [-0.1, -0.05) is 35.9 Å². The zero-order valence-corrected chi connectivity index (χ0v) is 14.9. The monoisotopic (exact) mass is 375 g/mol. The number of rotatable bonds is 2. The van der Waals surface area contributed by atoms with Crippen molar-refractivity contribution in [2.75, 3.05) is 13.2 Å². The van der Waals surface area contributed by atoms with Crippen LogP contribution < -0.4 is 10.1 Å². The van der Waals surface area contributed by atoms with Crippen molar-refractivity contribution in [1.29, 1.82) is 0 Å². The SMILES string of the molecule is O=C(NC1CC2(CCOCC2)Oc2ccccc21)c1c(F)cccc1Cl. The summed E-state index contributed by atoms with van der Waals surface area (Å²) in [4.78, 5) is 12.7. The summed E-state index contributed by atoms with van der Waals surface area (Å²) >= 11 is 6.04. The maximum Gasteiger partial charge on any atom is 0.256 e. The molecule has 2 aromatic rings. The largest absolute Gasteiger partial charge is 0.487 e. The first-order chi connectivity index (χ1) is 12.6. The van der Waals surface area contributed by atoms with Crippen molar-refractivity contribution >= 4 is 17.5 Å². The molecule has 1 spiro atoms. The van der Waals surface area contributed by atoms with Crippen LogP contribution >= 0.6 is 11.6 Å². The van der Waals surface area contributed by atoms with E-state index in [1.54, 1.807) is 0 Å². The lowest BCUT2D eigenvalue weighted by molar-refractivity contribution is -0.0639. The van der Waals surface area contributed by atoms with Gasteiger partial charge in [-0.05, 0) is 18.2 Å². The van der Waals surface area contributed by atoms with E-state index < -0.39 is 11.7 Å². The first-order valence-corrected chi connectivity index (χ1v) is 9.06. The molecule has 6 heteroatoms. The number of carbonyl (C=O) groups is 1. The molecule has 2 aromatic carbocycles. The molecule has 1 N–H and O–H groups in total. The minimum atomic E-state index is -0.629. The number of carbonyl (C=O) groups excluding carboxylic acids is 1. The van der Waals surface area contributed by atoms with Gasteiger partial charge in [0.05, 0.1) is 29.8 Å². The molecule has 4 rings (SSSR count). The fourth-order valence-electron chi connectivity index (χ4n) is 3.74. The number of para-hydroxylation sites is 1. The smallest absolute Gasteiger partial charge is 0.256 e. The third-order valence-electron chi connectivity index (χ3n) is 5.10. The molecule has 1 saturated heterocycles. The highest BCUT2D eigenvalue weighted by atomic mass is 35.5. The fourth-order valence-corrected chi connectivity index (χ4v) is 3.99. The van der Waals surface area contributed by atoms with Crippen LogP contribution in [-0.4, -0.2) is 24.7 Å². The number of benzene rings is 2. The second kappa shape index (κ2) is 6.89. The Hall–Kier alpha value is -2.11. The molecule has 0 saturated carbocycles. The highest BCUT2D eigenvalue weighted by Crippen LogP contribution is 2.44. The summed E-state index contributed by atoms with van der Waals surface area (Å²) in [6.45, 7) is 1.25. The van der Waals surface area contributed by atoms with E-state index in [2.05, 4.69) is 5.32 Å². The number of hydrogen-bond acceptors (Lipinski definition) is 3. The van der Waals surface area contributed by atoms with E-state index in [1.807, 2.05) is 24.3 Å². The predicted molar refractivity (Wildman–Crippen MR) is 96.1 cm³/mol. The summed E-state index contributed by atoms with van der Waals surface area (Å²) in [6, 6.07) is 11.6. The standard InChI is InChI=1S/C20H19ClFNO3/c21-14-5-3-6-15(22)18(14)19(24)23-16-12-20(8-10-25-11-9-20)26-17-7-2-1-4-13(16)17/h1-7,16H,8-12H2,(H,23,24). The Balaban J connectivity index is 1.65. The first-order valence-electron chi connectivity index (χ1n) is 8.69. The molecule has 1 unspecified atom stereocenters. The Morgan fingerprint density at radius 3 is 2.69 bits per heavy atom. The van der Waals surface area contributed by atoms with E-state index in [-0.39, 0.29) is 22.2 Å². The molecule has 2 aliphatic heterocycles. The third-order valence-corrected chi connectivity index (χ3v) is 5.41. The van der Waals surface area contributed by atoms with Crippen LogP contribution in [0.2, 0.25) is 5.02 Å². The van der Waals surface area contributed by atoms with Gasteiger partial charge in [0.1, 0.15) is 17.2 Å². The summed E-state index contributed by atoms with van der Waals surface area (Å²) < 4.78 is 25.9. The Morgan fingerprint density at radius 2 is 1.92 bits per heavy atom. The lowest BCUT2D eigenvalue weighted by atomic mass is 9.82. The van der Waals surface area contributed by atoms with E-state index in [1.165, 1.54) is 18.2 Å². The molecule has 26 heavy (non-hydrogen) atoms. The maximum atomic E-state index is 14.1. The van der Waals surface area contributed by atoms with Gasteiger partial charge in [0.25, 0.3) is 5.91 Å².